The first-order chi connectivity index (χ1) is 27.9. The highest BCUT2D eigenvalue weighted by molar-refractivity contribution is 5.93. The number of amides is 2. The molecule has 4 atom stereocenters. The van der Waals surface area contributed by atoms with Crippen LogP contribution in [0, 0.1) is 5.92 Å². The molecule has 3 heterocycles. The van der Waals surface area contributed by atoms with Gasteiger partial charge in [0.1, 0.15) is 5.54 Å². The van der Waals surface area contributed by atoms with Crippen LogP contribution in [0.15, 0.2) is 78.9 Å². The van der Waals surface area contributed by atoms with Gasteiger partial charge in [0.15, 0.2) is 6.29 Å². The summed E-state index contributed by atoms with van der Waals surface area (Å²) in [4.78, 5) is 31.0. The lowest BCUT2D eigenvalue weighted by Crippen LogP contribution is -2.57. The third kappa shape index (κ3) is 11.7. The monoisotopic (exact) mass is 781 g/mol. The number of likely N-dealkylation sites (tertiary alicyclic amines) is 1. The first kappa shape index (κ1) is 42.8. The van der Waals surface area contributed by atoms with E-state index < -0.39 is 11.8 Å². The van der Waals surface area contributed by atoms with E-state index in [1.54, 1.807) is 0 Å². The van der Waals surface area contributed by atoms with Crippen molar-refractivity contribution in [3.63, 3.8) is 0 Å². The molecule has 4 unspecified atom stereocenters. The van der Waals surface area contributed by atoms with Gasteiger partial charge >= 0.3 is 0 Å². The SMILES string of the molecule is CCCCCCCCCCCCCCCC(=O)Nc1cccc(C2OC(CN3CCC4(CC3)C(=O)NCN4c3ccccc3)C(C)C(c3ccc(CO)cc3)O2)c1. The van der Waals surface area contributed by atoms with Crippen LogP contribution in [0.4, 0.5) is 11.4 Å². The number of unbranched alkanes of at least 4 members (excludes halogenated alkanes) is 12. The number of hydrogen-bond acceptors (Lipinski definition) is 7. The first-order valence-electron chi connectivity index (χ1n) is 22.1. The number of piperidine rings is 1. The van der Waals surface area contributed by atoms with Gasteiger partial charge in [0, 0.05) is 48.9 Å². The molecule has 3 aliphatic heterocycles. The standard InChI is InChI=1S/C48H68N4O5/c1-3-4-5-6-7-8-9-10-11-12-13-14-18-24-44(54)50-41-21-19-20-40(33-41)46-56-43(37(2)45(57-46)39-27-25-38(35-53)26-28-39)34-51-31-29-48(30-32-51)47(55)49-36-52(48)42-22-16-15-17-23-42/h15-17,19-23,25-28,33,37,43,45-46,53H,3-14,18,24,29-32,34-36H2,1-2H3,(H,49,55)(H,50,54). The molecule has 3 aromatic rings. The van der Waals surface area contributed by atoms with Crippen LogP contribution in [-0.4, -0.2) is 59.8 Å². The van der Waals surface area contributed by atoms with Gasteiger partial charge in [0.2, 0.25) is 11.8 Å². The van der Waals surface area contributed by atoms with Gasteiger partial charge in [-0.05, 0) is 54.7 Å². The van der Waals surface area contributed by atoms with Crippen LogP contribution in [0.25, 0.3) is 0 Å². The minimum Gasteiger partial charge on any atom is -0.392 e. The summed E-state index contributed by atoms with van der Waals surface area (Å²) in [6.45, 7) is 7.25. The number of carbonyl (C=O) groups is 2. The van der Waals surface area contributed by atoms with E-state index in [1.165, 1.54) is 70.6 Å². The molecule has 1 spiro atoms. The number of hydrogen-bond donors (Lipinski definition) is 3. The van der Waals surface area contributed by atoms with E-state index >= 15 is 0 Å². The average Bonchev–Trinajstić information content (AvgIpc) is 3.55. The Kier molecular flexibility index (Phi) is 16.4. The van der Waals surface area contributed by atoms with Gasteiger partial charge in [-0.15, -0.1) is 0 Å². The Morgan fingerprint density at radius 1 is 0.807 bits per heavy atom. The van der Waals surface area contributed by atoms with E-state index in [2.05, 4.69) is 46.4 Å². The molecular weight excluding hydrogens is 713 g/mol. The second-order valence-electron chi connectivity index (χ2n) is 16.7. The zero-order valence-corrected chi connectivity index (χ0v) is 34.6. The smallest absolute Gasteiger partial charge is 0.247 e. The minimum atomic E-state index is -0.628. The fourth-order valence-corrected chi connectivity index (χ4v) is 9.01. The molecule has 57 heavy (non-hydrogen) atoms. The largest absolute Gasteiger partial charge is 0.392 e. The number of rotatable bonds is 21. The fourth-order valence-electron chi connectivity index (χ4n) is 9.01. The maximum Gasteiger partial charge on any atom is 0.247 e. The van der Waals surface area contributed by atoms with E-state index in [1.807, 2.05) is 66.7 Å². The van der Waals surface area contributed by atoms with Crippen molar-refractivity contribution in [2.45, 2.75) is 147 Å². The van der Waals surface area contributed by atoms with Gasteiger partial charge in [-0.1, -0.05) is 145 Å². The van der Waals surface area contributed by atoms with Gasteiger partial charge in [0.05, 0.1) is 25.5 Å². The molecule has 3 fully saturated rings. The Bertz CT molecular complexity index is 1660. The number of aliphatic hydroxyl groups excluding tert-OH is 1. The molecule has 3 saturated heterocycles. The van der Waals surface area contributed by atoms with Crippen LogP contribution < -0.4 is 15.5 Å². The average molecular weight is 781 g/mol. The number of benzene rings is 3. The lowest BCUT2D eigenvalue weighted by molar-refractivity contribution is -0.276. The molecule has 9 heteroatoms. The van der Waals surface area contributed by atoms with Crippen LogP contribution in [0.2, 0.25) is 0 Å². The lowest BCUT2D eigenvalue weighted by atomic mass is 9.84. The molecule has 6 rings (SSSR count). The fraction of sp³-hybridized carbons (Fsp3) is 0.583. The summed E-state index contributed by atoms with van der Waals surface area (Å²) < 4.78 is 13.6. The van der Waals surface area contributed by atoms with Crippen LogP contribution in [0.5, 0.6) is 0 Å². The summed E-state index contributed by atoms with van der Waals surface area (Å²) in [6.07, 6.45) is 17.7. The normalized spacial score (nSPS) is 22.2. The van der Waals surface area contributed by atoms with Crippen molar-refractivity contribution in [1.82, 2.24) is 10.2 Å². The summed E-state index contributed by atoms with van der Waals surface area (Å²) in [5, 5.41) is 15.9. The molecule has 0 saturated carbocycles. The topological polar surface area (TPSA) is 103 Å². The number of ether oxygens (including phenoxy) is 2. The second-order valence-corrected chi connectivity index (χ2v) is 16.7. The maximum absolute atomic E-state index is 13.3. The number of aliphatic hydroxyl groups is 1. The van der Waals surface area contributed by atoms with Gasteiger partial charge in [0.25, 0.3) is 0 Å². The Morgan fingerprint density at radius 2 is 1.46 bits per heavy atom. The van der Waals surface area contributed by atoms with E-state index in [0.29, 0.717) is 19.6 Å². The molecule has 3 aliphatic rings. The predicted molar refractivity (Wildman–Crippen MR) is 229 cm³/mol. The molecule has 2 amide bonds. The molecule has 9 nitrogen and oxygen atoms in total. The molecular formula is C48H68N4O5. The Morgan fingerprint density at radius 3 is 2.11 bits per heavy atom. The molecule has 0 aliphatic carbocycles. The highest BCUT2D eigenvalue weighted by Gasteiger charge is 2.51. The highest BCUT2D eigenvalue weighted by Crippen LogP contribution is 2.43. The quantitative estimate of drug-likeness (QED) is 0.0926. The summed E-state index contributed by atoms with van der Waals surface area (Å²) in [5.41, 5.74) is 4.04. The molecule has 0 radical (unpaired) electrons. The van der Waals surface area contributed by atoms with Crippen LogP contribution in [-0.2, 0) is 25.7 Å². The minimum absolute atomic E-state index is 0.0102. The number of anilines is 2. The predicted octanol–water partition coefficient (Wildman–Crippen LogP) is 9.82. The summed E-state index contributed by atoms with van der Waals surface area (Å²) in [6, 6.07) is 26.1. The van der Waals surface area contributed by atoms with E-state index in [-0.39, 0.29) is 36.5 Å². The zero-order valence-electron chi connectivity index (χ0n) is 34.6. The van der Waals surface area contributed by atoms with Crippen molar-refractivity contribution < 1.29 is 24.2 Å². The highest BCUT2D eigenvalue weighted by atomic mass is 16.7. The van der Waals surface area contributed by atoms with Crippen molar-refractivity contribution in [1.29, 1.82) is 0 Å². The van der Waals surface area contributed by atoms with Gasteiger partial charge in [-0.25, -0.2) is 0 Å². The summed E-state index contributed by atoms with van der Waals surface area (Å²) in [7, 11) is 0. The molecule has 3 N–H and O–H groups in total. The first-order valence-corrected chi connectivity index (χ1v) is 22.1. The number of para-hydroxylation sites is 1. The summed E-state index contributed by atoms with van der Waals surface area (Å²) >= 11 is 0. The second kappa shape index (κ2) is 21.8. The number of nitrogens with zero attached hydrogens (tertiary/aromatic N) is 2. The van der Waals surface area contributed by atoms with Crippen LogP contribution >= 0.6 is 0 Å². The van der Waals surface area contributed by atoms with Crippen molar-refractivity contribution in [3.05, 3.63) is 95.6 Å². The van der Waals surface area contributed by atoms with E-state index in [4.69, 9.17) is 9.47 Å². The molecule has 310 valence electrons. The third-order valence-electron chi connectivity index (χ3n) is 12.6. The molecule has 3 aromatic carbocycles. The molecule has 0 aromatic heterocycles. The number of carbonyl (C=O) groups excluding carboxylic acids is 2. The van der Waals surface area contributed by atoms with Crippen LogP contribution in [0.3, 0.4) is 0 Å². The van der Waals surface area contributed by atoms with Gasteiger partial charge in [-0.2, -0.15) is 0 Å². The van der Waals surface area contributed by atoms with E-state index in [9.17, 15) is 14.7 Å². The van der Waals surface area contributed by atoms with Crippen LogP contribution in [0.1, 0.15) is 146 Å². The molecule has 0 bridgehead atoms. The van der Waals surface area contributed by atoms with E-state index in [0.717, 1.165) is 66.8 Å². The lowest BCUT2D eigenvalue weighted by Gasteiger charge is -2.46. The van der Waals surface area contributed by atoms with Crippen molar-refractivity contribution >= 4 is 23.2 Å². The van der Waals surface area contributed by atoms with Crippen molar-refractivity contribution in [2.24, 2.45) is 5.92 Å². The maximum atomic E-state index is 13.3. The zero-order chi connectivity index (χ0) is 39.9. The Labute approximate surface area is 341 Å². The van der Waals surface area contributed by atoms with Crippen molar-refractivity contribution in [2.75, 3.05) is 36.5 Å². The Hall–Kier alpha value is -3.76. The van der Waals surface area contributed by atoms with Gasteiger partial charge < -0.3 is 35.0 Å². The van der Waals surface area contributed by atoms with Crippen molar-refractivity contribution in [3.8, 4) is 0 Å². The Balaban J connectivity index is 1.02. The number of nitrogens with one attached hydrogen (secondary N) is 2. The van der Waals surface area contributed by atoms with Gasteiger partial charge in [-0.3, -0.25) is 9.59 Å². The summed E-state index contributed by atoms with van der Waals surface area (Å²) in [5.74, 6) is 0.194. The third-order valence-corrected chi connectivity index (χ3v) is 12.6.